The van der Waals surface area contributed by atoms with Gasteiger partial charge in [0.25, 0.3) is 5.24 Å². The minimum absolute atomic E-state index is 0.0770. The Hall–Kier alpha value is -0.770. The van der Waals surface area contributed by atoms with Gasteiger partial charge in [0.05, 0.1) is 6.54 Å². The quantitative estimate of drug-likeness (QED) is 0.558. The molecule has 1 aliphatic heterocycles. The van der Waals surface area contributed by atoms with Crippen molar-refractivity contribution in [2.45, 2.75) is 0 Å². The zero-order valence-corrected chi connectivity index (χ0v) is 6.19. The van der Waals surface area contributed by atoms with Crippen LogP contribution in [0.4, 0.5) is 4.79 Å². The minimum atomic E-state index is -0.162. The van der Waals surface area contributed by atoms with E-state index in [4.69, 9.17) is 0 Å². The number of thioether (sulfide) groups is 1. The molecular weight excluding hydrogens is 150 g/mol. The summed E-state index contributed by atoms with van der Waals surface area (Å²) in [5.41, 5.74) is 0. The number of carbonyl (C=O) groups excluding carboxylic acids is 2. The molecule has 1 rings (SSSR count). The van der Waals surface area contributed by atoms with Crippen molar-refractivity contribution in [3.8, 4) is 0 Å². The van der Waals surface area contributed by atoms with Gasteiger partial charge in [-0.2, -0.15) is 0 Å². The van der Waals surface area contributed by atoms with Crippen LogP contribution in [0.1, 0.15) is 0 Å². The first-order valence-electron chi connectivity index (χ1n) is 2.84. The molecule has 4 heteroatoms. The van der Waals surface area contributed by atoms with E-state index in [-0.39, 0.29) is 16.9 Å². The van der Waals surface area contributed by atoms with E-state index in [9.17, 15) is 9.59 Å². The second kappa shape index (κ2) is 2.88. The van der Waals surface area contributed by atoms with Gasteiger partial charge in [0.1, 0.15) is 0 Å². The molecule has 0 spiro atoms. The lowest BCUT2D eigenvalue weighted by Gasteiger charge is -2.08. The van der Waals surface area contributed by atoms with Gasteiger partial charge in [-0.3, -0.25) is 9.59 Å². The molecule has 0 aromatic carbocycles. The van der Waals surface area contributed by atoms with Crippen molar-refractivity contribution in [1.82, 2.24) is 4.90 Å². The fourth-order valence-corrected chi connectivity index (χ4v) is 1.39. The lowest BCUT2D eigenvalue weighted by molar-refractivity contribution is -0.110. The van der Waals surface area contributed by atoms with E-state index in [0.717, 1.165) is 11.8 Å². The summed E-state index contributed by atoms with van der Waals surface area (Å²) in [6, 6.07) is 0. The summed E-state index contributed by atoms with van der Waals surface area (Å²) < 4.78 is 0. The Kier molecular flexibility index (Phi) is 2.11. The first-order valence-corrected chi connectivity index (χ1v) is 3.66. The molecule has 0 aromatic heterocycles. The summed E-state index contributed by atoms with van der Waals surface area (Å²) in [6.45, 7) is 4.17. The van der Waals surface area contributed by atoms with Crippen LogP contribution >= 0.6 is 11.8 Å². The Morgan fingerprint density at radius 3 is 2.80 bits per heavy atom. The average Bonchev–Trinajstić information content (AvgIpc) is 2.13. The molecule has 1 saturated heterocycles. The topological polar surface area (TPSA) is 37.4 Å². The van der Waals surface area contributed by atoms with E-state index in [2.05, 4.69) is 6.58 Å². The van der Waals surface area contributed by atoms with Crippen molar-refractivity contribution in [3.63, 3.8) is 0 Å². The molecule has 0 aromatic rings. The number of amides is 1. The molecule has 1 fully saturated rings. The normalized spacial score (nSPS) is 18.2. The molecule has 1 heterocycles. The van der Waals surface area contributed by atoms with E-state index in [1.54, 1.807) is 6.08 Å². The van der Waals surface area contributed by atoms with E-state index in [1.165, 1.54) is 4.90 Å². The smallest absolute Gasteiger partial charge is 0.290 e. The predicted molar refractivity (Wildman–Crippen MR) is 39.8 cm³/mol. The van der Waals surface area contributed by atoms with Crippen molar-refractivity contribution >= 4 is 22.1 Å². The van der Waals surface area contributed by atoms with E-state index < -0.39 is 0 Å². The van der Waals surface area contributed by atoms with Gasteiger partial charge in [0, 0.05) is 18.3 Å². The van der Waals surface area contributed by atoms with Gasteiger partial charge in [-0.15, -0.1) is 6.58 Å². The monoisotopic (exact) mass is 157 g/mol. The largest absolute Gasteiger partial charge is 0.321 e. The molecule has 0 unspecified atom stereocenters. The highest BCUT2D eigenvalue weighted by atomic mass is 32.2. The summed E-state index contributed by atoms with van der Waals surface area (Å²) in [5, 5.41) is -0.239. The third-order valence-electron chi connectivity index (χ3n) is 1.13. The van der Waals surface area contributed by atoms with Crippen LogP contribution in [0.5, 0.6) is 0 Å². The summed E-state index contributed by atoms with van der Waals surface area (Å²) in [6.07, 6.45) is 1.61. The van der Waals surface area contributed by atoms with Crippen LogP contribution < -0.4 is 0 Å². The Labute approximate surface area is 63.1 Å². The molecule has 10 heavy (non-hydrogen) atoms. The Morgan fingerprint density at radius 2 is 2.40 bits per heavy atom. The second-order valence-corrected chi connectivity index (χ2v) is 2.92. The van der Waals surface area contributed by atoms with E-state index in [1.807, 2.05) is 0 Å². The summed E-state index contributed by atoms with van der Waals surface area (Å²) in [5.74, 6) is 0. The zero-order chi connectivity index (χ0) is 7.56. The van der Waals surface area contributed by atoms with Gasteiger partial charge in [0.15, 0.2) is 0 Å². The van der Waals surface area contributed by atoms with Gasteiger partial charge >= 0.3 is 0 Å². The third kappa shape index (κ3) is 1.39. The zero-order valence-electron chi connectivity index (χ0n) is 5.37. The number of carbonyl (C=O) groups is 2. The fourth-order valence-electron chi connectivity index (χ4n) is 0.710. The van der Waals surface area contributed by atoms with Crippen molar-refractivity contribution in [2.75, 3.05) is 13.1 Å². The van der Waals surface area contributed by atoms with Crippen LogP contribution in [0.15, 0.2) is 12.7 Å². The van der Waals surface area contributed by atoms with Crippen LogP contribution in [0.3, 0.4) is 0 Å². The lowest BCUT2D eigenvalue weighted by atomic mass is 10.5. The molecule has 0 aliphatic carbocycles. The summed E-state index contributed by atoms with van der Waals surface area (Å²) in [7, 11) is 0. The standard InChI is InChI=1S/C6H7NO2S/c1-2-3-7-4-5(8)10-6(7)9/h2H,1,3-4H2. The molecule has 0 bridgehead atoms. The Bertz CT molecular complexity index is 190. The maximum Gasteiger partial charge on any atom is 0.290 e. The van der Waals surface area contributed by atoms with Crippen molar-refractivity contribution < 1.29 is 9.59 Å². The molecule has 0 saturated carbocycles. The Morgan fingerprint density at radius 1 is 1.70 bits per heavy atom. The molecular formula is C6H7NO2S. The lowest BCUT2D eigenvalue weighted by Crippen LogP contribution is -2.23. The number of nitrogens with zero attached hydrogens (tertiary/aromatic N) is 1. The summed E-state index contributed by atoms with van der Waals surface area (Å²) >= 11 is 0.769. The highest BCUT2D eigenvalue weighted by molar-refractivity contribution is 8.26. The first kappa shape index (κ1) is 7.34. The molecule has 1 amide bonds. The first-order chi connectivity index (χ1) is 4.74. The van der Waals surface area contributed by atoms with Gasteiger partial charge in [-0.05, 0) is 0 Å². The predicted octanol–water partition coefficient (Wildman–Crippen LogP) is 0.868. The van der Waals surface area contributed by atoms with Gasteiger partial charge in [-0.1, -0.05) is 6.08 Å². The van der Waals surface area contributed by atoms with Gasteiger partial charge < -0.3 is 4.90 Å². The molecule has 0 N–H and O–H groups in total. The van der Waals surface area contributed by atoms with Crippen LogP contribution in [0.2, 0.25) is 0 Å². The SMILES string of the molecule is C=CCN1CC(=O)SC1=O. The highest BCUT2D eigenvalue weighted by Crippen LogP contribution is 2.18. The van der Waals surface area contributed by atoms with E-state index in [0.29, 0.717) is 6.54 Å². The Balaban J connectivity index is 2.54. The van der Waals surface area contributed by atoms with Crippen molar-refractivity contribution in [3.05, 3.63) is 12.7 Å². The van der Waals surface area contributed by atoms with Crippen molar-refractivity contribution in [1.29, 1.82) is 0 Å². The minimum Gasteiger partial charge on any atom is -0.321 e. The molecule has 3 nitrogen and oxygen atoms in total. The van der Waals surface area contributed by atoms with Crippen LogP contribution in [-0.2, 0) is 4.79 Å². The van der Waals surface area contributed by atoms with Crippen molar-refractivity contribution in [2.24, 2.45) is 0 Å². The molecule has 0 atom stereocenters. The average molecular weight is 157 g/mol. The maximum absolute atomic E-state index is 10.8. The molecule has 0 radical (unpaired) electrons. The van der Waals surface area contributed by atoms with E-state index >= 15 is 0 Å². The van der Waals surface area contributed by atoms with Crippen LogP contribution in [0, 0.1) is 0 Å². The number of hydrogen-bond donors (Lipinski definition) is 0. The second-order valence-electron chi connectivity index (χ2n) is 1.91. The fraction of sp³-hybridized carbons (Fsp3) is 0.333. The van der Waals surface area contributed by atoms with Crippen LogP contribution in [-0.4, -0.2) is 28.3 Å². The number of rotatable bonds is 2. The maximum atomic E-state index is 10.8. The third-order valence-corrected chi connectivity index (χ3v) is 1.92. The summed E-state index contributed by atoms with van der Waals surface area (Å²) in [4.78, 5) is 22.9. The van der Waals surface area contributed by atoms with Gasteiger partial charge in [0.2, 0.25) is 5.12 Å². The highest BCUT2D eigenvalue weighted by Gasteiger charge is 2.27. The van der Waals surface area contributed by atoms with Gasteiger partial charge in [-0.25, -0.2) is 0 Å². The van der Waals surface area contributed by atoms with Crippen LogP contribution in [0.25, 0.3) is 0 Å². The molecule has 54 valence electrons. The molecule has 1 aliphatic rings. The number of hydrogen-bond acceptors (Lipinski definition) is 3.